The monoisotopic (exact) mass is 461 g/mol. The van der Waals surface area contributed by atoms with E-state index in [9.17, 15) is 9.90 Å². The fraction of sp³-hybridized carbons (Fsp3) is 0.105. The topological polar surface area (TPSA) is 97.3 Å². The summed E-state index contributed by atoms with van der Waals surface area (Å²) >= 11 is 4.32. The molecule has 3 aromatic rings. The van der Waals surface area contributed by atoms with Crippen molar-refractivity contribution in [3.8, 4) is 22.9 Å². The van der Waals surface area contributed by atoms with Gasteiger partial charge in [0.05, 0.1) is 14.2 Å². The van der Waals surface area contributed by atoms with Gasteiger partial charge >= 0.3 is 5.97 Å². The van der Waals surface area contributed by atoms with Gasteiger partial charge in [-0.2, -0.15) is 0 Å². The number of hydrogen-bond acceptors (Lipinski definition) is 6. The highest BCUT2D eigenvalue weighted by Gasteiger charge is 2.15. The number of nitrogens with one attached hydrogen (secondary N) is 1. The van der Waals surface area contributed by atoms with E-state index in [0.29, 0.717) is 28.0 Å². The summed E-state index contributed by atoms with van der Waals surface area (Å²) in [5.74, 6) is 0.651. The minimum atomic E-state index is -1.05. The Kier molecular flexibility index (Phi) is 6.37. The number of ether oxygens (including phenoxy) is 2. The Morgan fingerprint density at radius 3 is 2.36 bits per heavy atom. The van der Waals surface area contributed by atoms with Crippen molar-refractivity contribution in [3.63, 3.8) is 0 Å². The summed E-state index contributed by atoms with van der Waals surface area (Å²) in [5, 5.41) is 16.7. The minimum absolute atomic E-state index is 0.107. The van der Waals surface area contributed by atoms with E-state index in [1.165, 1.54) is 0 Å². The van der Waals surface area contributed by atoms with Crippen LogP contribution in [0, 0.1) is 0 Å². The van der Waals surface area contributed by atoms with Crippen molar-refractivity contribution in [2.24, 2.45) is 0 Å². The van der Waals surface area contributed by atoms with Gasteiger partial charge in [0, 0.05) is 16.1 Å². The molecule has 2 N–H and O–H groups in total. The highest BCUT2D eigenvalue weighted by molar-refractivity contribution is 9.10. The number of aliphatic carboxylic acids is 1. The lowest BCUT2D eigenvalue weighted by Gasteiger charge is -2.06. The van der Waals surface area contributed by atoms with Crippen LogP contribution >= 0.6 is 27.7 Å². The zero-order valence-electron chi connectivity index (χ0n) is 15.0. The van der Waals surface area contributed by atoms with Gasteiger partial charge in [-0.05, 0) is 47.7 Å². The Labute approximate surface area is 173 Å². The molecule has 0 saturated carbocycles. The highest BCUT2D eigenvalue weighted by Crippen LogP contribution is 2.31. The number of hydrogen-bond donors (Lipinski definition) is 2. The maximum atomic E-state index is 11.6. The number of H-pyrrole nitrogens is 1. The summed E-state index contributed by atoms with van der Waals surface area (Å²) in [5.41, 5.74) is 1.48. The third-order valence-electron chi connectivity index (χ3n) is 3.67. The molecule has 0 saturated heterocycles. The molecule has 0 aliphatic rings. The van der Waals surface area contributed by atoms with Crippen molar-refractivity contribution in [2.45, 2.75) is 5.16 Å². The first-order valence-corrected chi connectivity index (χ1v) is 9.63. The minimum Gasteiger partial charge on any atom is -0.497 e. The molecule has 0 spiro atoms. The average Bonchev–Trinajstić information content (AvgIpc) is 3.17. The van der Waals surface area contributed by atoms with Gasteiger partial charge in [0.2, 0.25) is 5.16 Å². The van der Waals surface area contributed by atoms with Gasteiger partial charge in [-0.1, -0.05) is 28.1 Å². The van der Waals surface area contributed by atoms with Crippen LogP contribution in [0.15, 0.2) is 57.0 Å². The van der Waals surface area contributed by atoms with Crippen molar-refractivity contribution in [3.05, 3.63) is 57.4 Å². The quantitative estimate of drug-likeness (QED) is 0.395. The van der Waals surface area contributed by atoms with E-state index in [-0.39, 0.29) is 4.91 Å². The third-order valence-corrected chi connectivity index (χ3v) is 5.08. The van der Waals surface area contributed by atoms with E-state index in [4.69, 9.17) is 9.47 Å². The average molecular weight is 462 g/mol. The Bertz CT molecular complexity index is 996. The lowest BCUT2D eigenvalue weighted by Crippen LogP contribution is -1.97. The number of aromatic nitrogens is 3. The summed E-state index contributed by atoms with van der Waals surface area (Å²) in [6.45, 7) is 0. The first kappa shape index (κ1) is 20.0. The Balaban J connectivity index is 1.86. The molecule has 0 amide bonds. The molecule has 0 fully saturated rings. The van der Waals surface area contributed by atoms with Crippen LogP contribution in [0.3, 0.4) is 0 Å². The summed E-state index contributed by atoms with van der Waals surface area (Å²) in [6.07, 6.45) is 1.57. The predicted molar refractivity (Wildman–Crippen MR) is 111 cm³/mol. The summed E-state index contributed by atoms with van der Waals surface area (Å²) in [7, 11) is 3.12. The van der Waals surface area contributed by atoms with Gasteiger partial charge in [0.25, 0.3) is 0 Å². The van der Waals surface area contributed by atoms with Crippen LogP contribution < -0.4 is 9.47 Å². The smallest absolute Gasteiger partial charge is 0.342 e. The first-order chi connectivity index (χ1) is 13.5. The first-order valence-electron chi connectivity index (χ1n) is 8.02. The fourth-order valence-corrected chi connectivity index (χ4v) is 3.28. The van der Waals surface area contributed by atoms with E-state index in [1.54, 1.807) is 38.5 Å². The molecule has 1 aromatic heterocycles. The van der Waals surface area contributed by atoms with Crippen LogP contribution in [0.4, 0.5) is 0 Å². The molecule has 28 heavy (non-hydrogen) atoms. The Morgan fingerprint density at radius 2 is 1.79 bits per heavy atom. The maximum absolute atomic E-state index is 11.6. The van der Waals surface area contributed by atoms with Crippen molar-refractivity contribution >= 4 is 39.7 Å². The number of benzene rings is 2. The normalized spacial score (nSPS) is 11.3. The zero-order chi connectivity index (χ0) is 20.1. The van der Waals surface area contributed by atoms with Gasteiger partial charge in [-0.3, -0.25) is 5.10 Å². The molecule has 144 valence electrons. The van der Waals surface area contributed by atoms with E-state index in [1.807, 2.05) is 24.3 Å². The number of carboxylic acids is 1. The molecule has 0 unspecified atom stereocenters. The number of nitrogens with zero attached hydrogens (tertiary/aromatic N) is 2. The Hall–Kier alpha value is -2.78. The lowest BCUT2D eigenvalue weighted by molar-refractivity contribution is -0.131. The maximum Gasteiger partial charge on any atom is 0.342 e. The molecule has 0 aliphatic carbocycles. The summed E-state index contributed by atoms with van der Waals surface area (Å²) < 4.78 is 11.4. The van der Waals surface area contributed by atoms with Gasteiger partial charge in [-0.25, -0.2) is 9.78 Å². The fourth-order valence-electron chi connectivity index (χ4n) is 2.31. The third kappa shape index (κ3) is 4.93. The second-order valence-electron chi connectivity index (χ2n) is 5.54. The molecule has 0 radical (unpaired) electrons. The zero-order valence-corrected chi connectivity index (χ0v) is 17.4. The number of carbonyl (C=O) groups is 1. The number of aromatic amines is 1. The number of rotatable bonds is 7. The molecular weight excluding hydrogens is 446 g/mol. The van der Waals surface area contributed by atoms with Crippen LogP contribution in [0.25, 0.3) is 17.5 Å². The van der Waals surface area contributed by atoms with Gasteiger partial charge < -0.3 is 14.6 Å². The van der Waals surface area contributed by atoms with Crippen LogP contribution in [0.2, 0.25) is 0 Å². The number of halogens is 1. The predicted octanol–water partition coefficient (Wildman–Crippen LogP) is 4.47. The summed E-state index contributed by atoms with van der Waals surface area (Å²) in [4.78, 5) is 16.1. The molecule has 2 aromatic carbocycles. The number of thioether (sulfide) groups is 1. The highest BCUT2D eigenvalue weighted by atomic mass is 79.9. The van der Waals surface area contributed by atoms with E-state index >= 15 is 0 Å². The molecule has 1 heterocycles. The van der Waals surface area contributed by atoms with Gasteiger partial charge in [0.15, 0.2) is 5.82 Å². The van der Waals surface area contributed by atoms with E-state index in [2.05, 4.69) is 31.1 Å². The van der Waals surface area contributed by atoms with Crippen molar-refractivity contribution in [2.75, 3.05) is 14.2 Å². The van der Waals surface area contributed by atoms with Gasteiger partial charge in [-0.15, -0.1) is 5.10 Å². The lowest BCUT2D eigenvalue weighted by atomic mass is 10.2. The van der Waals surface area contributed by atoms with Crippen molar-refractivity contribution < 1.29 is 19.4 Å². The van der Waals surface area contributed by atoms with E-state index < -0.39 is 5.97 Å². The SMILES string of the molecule is COc1cc(OC)cc(-c2nc(S/C(=C\c3ccc(Br)cc3)C(=O)O)n[nH]2)c1. The van der Waals surface area contributed by atoms with Crippen molar-refractivity contribution in [1.82, 2.24) is 15.2 Å². The molecular formula is C19H16BrN3O4S. The number of methoxy groups -OCH3 is 2. The second-order valence-corrected chi connectivity index (χ2v) is 7.46. The molecule has 7 nitrogen and oxygen atoms in total. The van der Waals surface area contributed by atoms with Crippen molar-refractivity contribution in [1.29, 1.82) is 0 Å². The van der Waals surface area contributed by atoms with Gasteiger partial charge in [0.1, 0.15) is 16.4 Å². The molecule has 0 atom stereocenters. The van der Waals surface area contributed by atoms with Crippen LogP contribution in [-0.2, 0) is 4.79 Å². The largest absolute Gasteiger partial charge is 0.497 e. The summed E-state index contributed by atoms with van der Waals surface area (Å²) in [6, 6.07) is 12.6. The van der Waals surface area contributed by atoms with Crippen LogP contribution in [0.1, 0.15) is 5.56 Å². The standard InChI is InChI=1S/C19H16BrN3O4S/c1-26-14-8-12(9-15(10-14)27-2)17-21-19(23-22-17)28-16(18(24)25)7-11-3-5-13(20)6-4-11/h3-10H,1-2H3,(H,24,25)(H,21,22,23)/b16-7-. The Morgan fingerprint density at radius 1 is 1.14 bits per heavy atom. The molecule has 3 rings (SSSR count). The van der Waals surface area contributed by atoms with Crippen LogP contribution in [-0.4, -0.2) is 40.5 Å². The number of carboxylic acid groups (broad SMARTS) is 1. The van der Waals surface area contributed by atoms with Crippen LogP contribution in [0.5, 0.6) is 11.5 Å². The molecule has 0 aliphatic heterocycles. The van der Waals surface area contributed by atoms with E-state index in [0.717, 1.165) is 21.8 Å². The molecule has 9 heteroatoms. The second kappa shape index (κ2) is 8.94. The molecule has 0 bridgehead atoms.